The first-order valence-electron chi connectivity index (χ1n) is 9.93. The molecule has 0 spiro atoms. The van der Waals surface area contributed by atoms with Crippen LogP contribution >= 0.6 is 0 Å². The maximum atomic E-state index is 12.6. The third-order valence-corrected chi connectivity index (χ3v) is 8.82. The van der Waals surface area contributed by atoms with Gasteiger partial charge in [0.1, 0.15) is 5.78 Å². The van der Waals surface area contributed by atoms with Crippen LogP contribution < -0.4 is 0 Å². The van der Waals surface area contributed by atoms with Gasteiger partial charge in [-0.2, -0.15) is 0 Å². The van der Waals surface area contributed by atoms with Crippen molar-refractivity contribution < 1.29 is 14.4 Å². The largest absolute Gasteiger partial charge is 0.299 e. The molecule has 0 heterocycles. The summed E-state index contributed by atoms with van der Waals surface area (Å²) in [4.78, 5) is 35.8. The zero-order chi connectivity index (χ0) is 17.1. The van der Waals surface area contributed by atoms with Crippen molar-refractivity contribution in [1.82, 2.24) is 0 Å². The third-order valence-electron chi connectivity index (χ3n) is 8.82. The van der Waals surface area contributed by atoms with Crippen molar-refractivity contribution in [3.63, 3.8) is 0 Å². The first-order chi connectivity index (χ1) is 11.4. The highest BCUT2D eigenvalue weighted by Gasteiger charge is 2.63. The normalized spacial score (nSPS) is 50.6. The van der Waals surface area contributed by atoms with Gasteiger partial charge < -0.3 is 0 Å². The molecule has 7 atom stereocenters. The zero-order valence-electron chi connectivity index (χ0n) is 15.1. The first-order valence-corrected chi connectivity index (χ1v) is 9.93. The number of carbonyl (C=O) groups excluding carboxylic acids is 3. The van der Waals surface area contributed by atoms with Crippen LogP contribution in [0.3, 0.4) is 0 Å². The summed E-state index contributed by atoms with van der Waals surface area (Å²) in [6.07, 6.45) is 11.0. The highest BCUT2D eigenvalue weighted by atomic mass is 16.2. The molecule has 4 rings (SSSR count). The Kier molecular flexibility index (Phi) is 3.78. The number of carbonyl (C=O) groups is 3. The molecule has 0 aliphatic heterocycles. The van der Waals surface area contributed by atoms with Gasteiger partial charge in [-0.05, 0) is 73.0 Å². The van der Waals surface area contributed by atoms with Crippen LogP contribution in [0.15, 0.2) is 0 Å². The van der Waals surface area contributed by atoms with Gasteiger partial charge in [0.15, 0.2) is 6.29 Å². The Morgan fingerprint density at radius 1 is 1.00 bits per heavy atom. The molecule has 0 aromatic carbocycles. The molecule has 4 fully saturated rings. The lowest BCUT2D eigenvalue weighted by molar-refractivity contribution is -0.143. The SMILES string of the molecule is C[C@]12CC[C@H]3[C@@H](CCC4CCCC[C@@]43C)[C@@H]1CC(=O)[C@@H]2C(=O)C=O. The number of hydrogen-bond acceptors (Lipinski definition) is 3. The van der Waals surface area contributed by atoms with E-state index < -0.39 is 11.7 Å². The fourth-order valence-electron chi connectivity index (χ4n) is 7.64. The van der Waals surface area contributed by atoms with Gasteiger partial charge in [0.05, 0.1) is 5.92 Å². The summed E-state index contributed by atoms with van der Waals surface area (Å²) in [5.41, 5.74) is 0.173. The lowest BCUT2D eigenvalue weighted by Crippen LogP contribution is -2.53. The predicted octanol–water partition coefficient (Wildman–Crippen LogP) is 3.98. The number of aldehydes is 1. The Balaban J connectivity index is 1.67. The molecule has 0 N–H and O–H groups in total. The summed E-state index contributed by atoms with van der Waals surface area (Å²) in [5, 5.41) is 0. The second kappa shape index (κ2) is 5.51. The van der Waals surface area contributed by atoms with E-state index in [1.54, 1.807) is 0 Å². The van der Waals surface area contributed by atoms with Crippen LogP contribution in [0.25, 0.3) is 0 Å². The van der Waals surface area contributed by atoms with Crippen LogP contribution in [0.2, 0.25) is 0 Å². The molecule has 3 heteroatoms. The summed E-state index contributed by atoms with van der Waals surface area (Å²) in [6, 6.07) is 0. The molecule has 0 radical (unpaired) electrons. The molecule has 0 amide bonds. The zero-order valence-corrected chi connectivity index (χ0v) is 15.1. The van der Waals surface area contributed by atoms with Crippen molar-refractivity contribution in [1.29, 1.82) is 0 Å². The topological polar surface area (TPSA) is 51.2 Å². The summed E-state index contributed by atoms with van der Waals surface area (Å²) in [5.74, 6) is 1.39. The lowest BCUT2D eigenvalue weighted by Gasteiger charge is -2.60. The molecule has 4 saturated carbocycles. The van der Waals surface area contributed by atoms with Crippen LogP contribution in [-0.2, 0) is 14.4 Å². The lowest BCUT2D eigenvalue weighted by atomic mass is 9.45. The number of ketones is 2. The Morgan fingerprint density at radius 3 is 2.54 bits per heavy atom. The maximum Gasteiger partial charge on any atom is 0.206 e. The van der Waals surface area contributed by atoms with E-state index >= 15 is 0 Å². The highest BCUT2D eigenvalue weighted by molar-refractivity contribution is 6.32. The van der Waals surface area contributed by atoms with Crippen LogP contribution in [0.5, 0.6) is 0 Å². The van der Waals surface area contributed by atoms with Crippen LogP contribution in [0.1, 0.15) is 71.6 Å². The van der Waals surface area contributed by atoms with Crippen molar-refractivity contribution >= 4 is 17.9 Å². The minimum Gasteiger partial charge on any atom is -0.299 e. The maximum absolute atomic E-state index is 12.6. The van der Waals surface area contributed by atoms with Crippen LogP contribution in [0, 0.1) is 40.4 Å². The molecule has 132 valence electrons. The quantitative estimate of drug-likeness (QED) is 0.437. The monoisotopic (exact) mass is 330 g/mol. The predicted molar refractivity (Wildman–Crippen MR) is 91.3 cm³/mol. The number of rotatable bonds is 2. The molecule has 1 unspecified atom stereocenters. The number of hydrogen-bond donors (Lipinski definition) is 0. The molecule has 4 aliphatic rings. The van der Waals surface area contributed by atoms with E-state index in [1.165, 1.54) is 38.5 Å². The van der Waals surface area contributed by atoms with Gasteiger partial charge in [-0.1, -0.05) is 26.7 Å². The molecular formula is C21H30O3. The van der Waals surface area contributed by atoms with E-state index in [0.29, 0.717) is 35.9 Å². The fourth-order valence-corrected chi connectivity index (χ4v) is 7.64. The van der Waals surface area contributed by atoms with E-state index in [1.807, 2.05) is 0 Å². The Labute approximate surface area is 144 Å². The molecule has 24 heavy (non-hydrogen) atoms. The van der Waals surface area contributed by atoms with Gasteiger partial charge in [0.2, 0.25) is 5.78 Å². The van der Waals surface area contributed by atoms with E-state index in [0.717, 1.165) is 18.8 Å². The smallest absolute Gasteiger partial charge is 0.206 e. The molecule has 4 aliphatic carbocycles. The summed E-state index contributed by atoms with van der Waals surface area (Å²) in [7, 11) is 0. The third kappa shape index (κ3) is 2.05. The van der Waals surface area contributed by atoms with Gasteiger partial charge in [0, 0.05) is 6.42 Å². The Bertz CT molecular complexity index is 582. The van der Waals surface area contributed by atoms with Gasteiger partial charge in [0.25, 0.3) is 0 Å². The minimum atomic E-state index is -0.655. The second-order valence-corrected chi connectivity index (χ2v) is 9.57. The number of fused-ring (bicyclic) bond motifs is 5. The van der Waals surface area contributed by atoms with Crippen LogP contribution in [-0.4, -0.2) is 17.9 Å². The summed E-state index contributed by atoms with van der Waals surface area (Å²) >= 11 is 0. The molecule has 0 saturated heterocycles. The second-order valence-electron chi connectivity index (χ2n) is 9.57. The van der Waals surface area contributed by atoms with E-state index in [9.17, 15) is 14.4 Å². The van der Waals surface area contributed by atoms with Crippen molar-refractivity contribution in [3.05, 3.63) is 0 Å². The van der Waals surface area contributed by atoms with E-state index in [2.05, 4.69) is 13.8 Å². The van der Waals surface area contributed by atoms with Crippen molar-refractivity contribution in [2.45, 2.75) is 71.6 Å². The van der Waals surface area contributed by atoms with E-state index in [4.69, 9.17) is 0 Å². The highest BCUT2D eigenvalue weighted by Crippen LogP contribution is 2.66. The van der Waals surface area contributed by atoms with Crippen LogP contribution in [0.4, 0.5) is 0 Å². The van der Waals surface area contributed by atoms with Gasteiger partial charge in [-0.3, -0.25) is 14.4 Å². The molecule has 0 aromatic heterocycles. The summed E-state index contributed by atoms with van der Waals surface area (Å²) < 4.78 is 0. The van der Waals surface area contributed by atoms with Gasteiger partial charge in [-0.25, -0.2) is 0 Å². The standard InChI is InChI=1S/C21H30O3/c1-20-9-4-3-5-13(20)6-7-14-15(20)8-10-21(2)16(14)11-17(23)19(21)18(24)12-22/h12-16,19H,3-11H2,1-2H3/t13?,14-,15+,16+,19-,20+,21+/m1/s1. The van der Waals surface area contributed by atoms with Crippen molar-refractivity contribution in [3.8, 4) is 0 Å². The van der Waals surface area contributed by atoms with Gasteiger partial charge in [-0.15, -0.1) is 0 Å². The molecule has 3 nitrogen and oxygen atoms in total. The molecule has 0 bridgehead atoms. The van der Waals surface area contributed by atoms with E-state index in [-0.39, 0.29) is 11.2 Å². The van der Waals surface area contributed by atoms with Crippen molar-refractivity contribution in [2.75, 3.05) is 0 Å². The Hall–Kier alpha value is -0.990. The Morgan fingerprint density at radius 2 is 1.79 bits per heavy atom. The fraction of sp³-hybridized carbons (Fsp3) is 0.857. The van der Waals surface area contributed by atoms with Crippen molar-refractivity contribution in [2.24, 2.45) is 40.4 Å². The molecule has 0 aromatic rings. The van der Waals surface area contributed by atoms with Gasteiger partial charge >= 0.3 is 0 Å². The summed E-state index contributed by atoms with van der Waals surface area (Å²) in [6.45, 7) is 4.64. The minimum absolute atomic E-state index is 0.0381. The average molecular weight is 330 g/mol. The average Bonchev–Trinajstić information content (AvgIpc) is 2.84. The number of Topliss-reactive ketones (excluding diaryl/α,β-unsaturated/α-hetero) is 2. The first kappa shape index (κ1) is 16.5. The molecular weight excluding hydrogens is 300 g/mol.